The maximum absolute atomic E-state index is 14.0. The van der Waals surface area contributed by atoms with Crippen molar-refractivity contribution in [3.05, 3.63) is 61.8 Å². The van der Waals surface area contributed by atoms with E-state index in [9.17, 15) is 32.3 Å². The Morgan fingerprint density at radius 3 is 2.41 bits per heavy atom. The molecule has 0 unspecified atom stereocenters. The standard InChI is InChI=1S/C16H13F3N4O4/c1-7-5-3-4-6-8(7)11(24)22-15(16(17,18)19)9-10(20-13(15)26)23(2)14(27)21-12(9)25/h3-6H,1-2H3,(H,20,26)(H,22,24)(H,21,25,27)/t15-/m1/s1. The van der Waals surface area contributed by atoms with Crippen LogP contribution in [0.2, 0.25) is 0 Å². The van der Waals surface area contributed by atoms with Gasteiger partial charge >= 0.3 is 11.9 Å². The minimum absolute atomic E-state index is 0.0939. The largest absolute Gasteiger partial charge is 0.425 e. The summed E-state index contributed by atoms with van der Waals surface area (Å²) in [7, 11) is 1.08. The first-order chi connectivity index (χ1) is 12.5. The number of hydrogen-bond donors (Lipinski definition) is 3. The number of amides is 2. The van der Waals surface area contributed by atoms with Crippen LogP contribution in [0.25, 0.3) is 0 Å². The summed E-state index contributed by atoms with van der Waals surface area (Å²) in [6.07, 6.45) is -5.36. The fourth-order valence-corrected chi connectivity index (χ4v) is 2.96. The highest BCUT2D eigenvalue weighted by molar-refractivity contribution is 6.09. The Kier molecular flexibility index (Phi) is 3.98. The first kappa shape index (κ1) is 18.4. The van der Waals surface area contributed by atoms with Gasteiger partial charge in [0.15, 0.2) is 0 Å². The lowest BCUT2D eigenvalue weighted by Crippen LogP contribution is -2.62. The maximum Gasteiger partial charge on any atom is 0.425 e. The monoisotopic (exact) mass is 382 g/mol. The second-order valence-corrected chi connectivity index (χ2v) is 6.01. The minimum atomic E-state index is -5.36. The predicted molar refractivity (Wildman–Crippen MR) is 87.3 cm³/mol. The van der Waals surface area contributed by atoms with E-state index in [1.165, 1.54) is 25.1 Å². The topological polar surface area (TPSA) is 113 Å². The molecule has 0 bridgehead atoms. The number of anilines is 1. The molecule has 0 spiro atoms. The molecule has 2 amide bonds. The van der Waals surface area contributed by atoms with Crippen LogP contribution in [0.15, 0.2) is 33.9 Å². The van der Waals surface area contributed by atoms with E-state index in [-0.39, 0.29) is 5.56 Å². The summed E-state index contributed by atoms with van der Waals surface area (Å²) in [5, 5.41) is 3.56. The number of alkyl halides is 3. The van der Waals surface area contributed by atoms with Gasteiger partial charge in [0.25, 0.3) is 22.9 Å². The third-order valence-corrected chi connectivity index (χ3v) is 4.39. The first-order valence-electron chi connectivity index (χ1n) is 7.61. The van der Waals surface area contributed by atoms with Gasteiger partial charge in [-0.05, 0) is 18.6 Å². The average molecular weight is 382 g/mol. The molecule has 0 saturated carbocycles. The molecule has 3 N–H and O–H groups in total. The van der Waals surface area contributed by atoms with Crippen molar-refractivity contribution in [3.63, 3.8) is 0 Å². The molecule has 8 nitrogen and oxygen atoms in total. The Morgan fingerprint density at radius 2 is 1.81 bits per heavy atom. The Labute approximate surface area is 149 Å². The van der Waals surface area contributed by atoms with Gasteiger partial charge in [0.1, 0.15) is 11.4 Å². The lowest BCUT2D eigenvalue weighted by Gasteiger charge is -2.30. The van der Waals surface area contributed by atoms with E-state index in [4.69, 9.17) is 0 Å². The lowest BCUT2D eigenvalue weighted by molar-refractivity contribution is -0.196. The van der Waals surface area contributed by atoms with Crippen LogP contribution in [0.3, 0.4) is 0 Å². The Balaban J connectivity index is 2.26. The summed E-state index contributed by atoms with van der Waals surface area (Å²) in [6.45, 7) is 1.51. The van der Waals surface area contributed by atoms with E-state index < -0.39 is 46.2 Å². The van der Waals surface area contributed by atoms with Crippen LogP contribution in [0.5, 0.6) is 0 Å². The fraction of sp³-hybridized carbons (Fsp3) is 0.250. The zero-order chi connectivity index (χ0) is 20.1. The third-order valence-electron chi connectivity index (χ3n) is 4.39. The molecule has 0 aliphatic carbocycles. The van der Waals surface area contributed by atoms with E-state index in [1.807, 2.05) is 5.32 Å². The van der Waals surface area contributed by atoms with Gasteiger partial charge < -0.3 is 10.6 Å². The highest BCUT2D eigenvalue weighted by atomic mass is 19.4. The fourth-order valence-electron chi connectivity index (χ4n) is 2.96. The number of carbonyl (C=O) groups is 2. The number of aryl methyl sites for hydroxylation is 1. The molecule has 1 aromatic carbocycles. The van der Waals surface area contributed by atoms with E-state index in [1.54, 1.807) is 16.4 Å². The number of rotatable bonds is 2. The summed E-state index contributed by atoms with van der Waals surface area (Å²) in [5.41, 5.74) is -6.88. The molecule has 27 heavy (non-hydrogen) atoms. The number of fused-ring (bicyclic) bond motifs is 1. The molecule has 3 rings (SSSR count). The zero-order valence-corrected chi connectivity index (χ0v) is 14.0. The quantitative estimate of drug-likeness (QED) is 0.703. The summed E-state index contributed by atoms with van der Waals surface area (Å²) >= 11 is 0. The zero-order valence-electron chi connectivity index (χ0n) is 14.0. The molecular formula is C16H13F3N4O4. The van der Waals surface area contributed by atoms with Gasteiger partial charge in [-0.3, -0.25) is 23.9 Å². The van der Waals surface area contributed by atoms with Crippen molar-refractivity contribution in [2.75, 3.05) is 5.32 Å². The smallest absolute Gasteiger partial charge is 0.326 e. The Morgan fingerprint density at radius 1 is 1.19 bits per heavy atom. The van der Waals surface area contributed by atoms with Crippen LogP contribution in [0, 0.1) is 6.92 Å². The molecular weight excluding hydrogens is 369 g/mol. The highest BCUT2D eigenvalue weighted by Gasteiger charge is 2.68. The summed E-state index contributed by atoms with van der Waals surface area (Å²) in [5.74, 6) is -3.50. The van der Waals surface area contributed by atoms with Crippen molar-refractivity contribution < 1.29 is 22.8 Å². The van der Waals surface area contributed by atoms with E-state index >= 15 is 0 Å². The molecule has 0 saturated heterocycles. The number of nitrogens with one attached hydrogen (secondary N) is 3. The molecule has 0 fully saturated rings. The van der Waals surface area contributed by atoms with Crippen LogP contribution < -0.4 is 21.9 Å². The van der Waals surface area contributed by atoms with Gasteiger partial charge in [-0.25, -0.2) is 4.79 Å². The molecule has 2 aromatic rings. The van der Waals surface area contributed by atoms with E-state index in [0.29, 0.717) is 10.1 Å². The number of hydrogen-bond acceptors (Lipinski definition) is 4. The second kappa shape index (κ2) is 5.83. The third kappa shape index (κ3) is 2.54. The van der Waals surface area contributed by atoms with Crippen LogP contribution in [0.1, 0.15) is 21.5 Å². The molecule has 2 heterocycles. The predicted octanol–water partition coefficient (Wildman–Crippen LogP) is 0.522. The SMILES string of the molecule is Cc1ccccc1C(=O)N[C@@]1(C(F)(F)F)C(=O)Nc2c1c(=O)[nH]c(=O)n2C. The number of H-pyrrole nitrogens is 1. The molecule has 1 atom stereocenters. The molecule has 1 aromatic heterocycles. The summed E-state index contributed by atoms with van der Waals surface area (Å²) in [6, 6.07) is 5.83. The van der Waals surface area contributed by atoms with Crippen molar-refractivity contribution in [1.29, 1.82) is 0 Å². The number of halogens is 3. The van der Waals surface area contributed by atoms with Crippen LogP contribution in [-0.2, 0) is 17.4 Å². The summed E-state index contributed by atoms with van der Waals surface area (Å²) < 4.78 is 42.7. The molecule has 1 aliphatic heterocycles. The molecule has 1 aliphatic rings. The van der Waals surface area contributed by atoms with Crippen molar-refractivity contribution in [3.8, 4) is 0 Å². The van der Waals surface area contributed by atoms with E-state index in [0.717, 1.165) is 7.05 Å². The van der Waals surface area contributed by atoms with Gasteiger partial charge in [0.2, 0.25) is 0 Å². The second-order valence-electron chi connectivity index (χ2n) is 6.01. The van der Waals surface area contributed by atoms with Crippen molar-refractivity contribution in [2.24, 2.45) is 7.05 Å². The van der Waals surface area contributed by atoms with E-state index in [2.05, 4.69) is 0 Å². The molecule has 0 radical (unpaired) electrons. The average Bonchev–Trinajstić information content (AvgIpc) is 2.87. The van der Waals surface area contributed by atoms with Gasteiger partial charge in [-0.2, -0.15) is 13.2 Å². The highest BCUT2D eigenvalue weighted by Crippen LogP contribution is 2.44. The number of aromatic amines is 1. The normalized spacial score (nSPS) is 18.8. The van der Waals surface area contributed by atoms with Crippen molar-refractivity contribution in [1.82, 2.24) is 14.9 Å². The van der Waals surface area contributed by atoms with Crippen LogP contribution in [0.4, 0.5) is 19.0 Å². The number of benzene rings is 1. The van der Waals surface area contributed by atoms with Gasteiger partial charge in [-0.1, -0.05) is 18.2 Å². The molecule has 142 valence electrons. The Bertz CT molecular complexity index is 1090. The Hall–Kier alpha value is -3.37. The maximum atomic E-state index is 14.0. The number of aromatic nitrogens is 2. The number of carbonyl (C=O) groups excluding carboxylic acids is 2. The minimum Gasteiger partial charge on any atom is -0.326 e. The first-order valence-corrected chi connectivity index (χ1v) is 7.61. The molecule has 11 heteroatoms. The summed E-state index contributed by atoms with van der Waals surface area (Å²) in [4.78, 5) is 50.4. The van der Waals surface area contributed by atoms with Crippen LogP contribution in [-0.4, -0.2) is 27.5 Å². The lowest BCUT2D eigenvalue weighted by atomic mass is 9.91. The van der Waals surface area contributed by atoms with Crippen LogP contribution >= 0.6 is 0 Å². The van der Waals surface area contributed by atoms with Gasteiger partial charge in [0.05, 0.1) is 0 Å². The van der Waals surface area contributed by atoms with Crippen molar-refractivity contribution in [2.45, 2.75) is 18.6 Å². The van der Waals surface area contributed by atoms with Gasteiger partial charge in [0, 0.05) is 12.6 Å². The van der Waals surface area contributed by atoms with Crippen molar-refractivity contribution >= 4 is 17.6 Å². The van der Waals surface area contributed by atoms with Gasteiger partial charge in [-0.15, -0.1) is 0 Å². The number of nitrogens with zero attached hydrogens (tertiary/aromatic N) is 1.